The van der Waals surface area contributed by atoms with Gasteiger partial charge in [0, 0.05) is 5.69 Å². The van der Waals surface area contributed by atoms with Crippen molar-refractivity contribution in [3.63, 3.8) is 0 Å². The molecule has 0 saturated carbocycles. The Morgan fingerprint density at radius 1 is 1.09 bits per heavy atom. The van der Waals surface area contributed by atoms with Crippen molar-refractivity contribution in [2.45, 2.75) is 13.8 Å². The van der Waals surface area contributed by atoms with Crippen LogP contribution < -0.4 is 15.5 Å². The number of thiocarbonyl (C=S) groups is 1. The van der Waals surface area contributed by atoms with Gasteiger partial charge in [0.05, 0.1) is 12.3 Å². The van der Waals surface area contributed by atoms with Gasteiger partial charge in [0.25, 0.3) is 0 Å². The maximum atomic E-state index is 5.42. The summed E-state index contributed by atoms with van der Waals surface area (Å²) in [6, 6.07) is 17.5. The van der Waals surface area contributed by atoms with Gasteiger partial charge in [0.15, 0.2) is 5.11 Å². The predicted octanol–water partition coefficient (Wildman–Crippen LogP) is 3.80. The van der Waals surface area contributed by atoms with Gasteiger partial charge >= 0.3 is 0 Å². The van der Waals surface area contributed by atoms with Crippen LogP contribution in [0.1, 0.15) is 19.4 Å². The lowest BCUT2D eigenvalue weighted by Crippen LogP contribution is -2.24. The number of nitrogens with zero attached hydrogens (tertiary/aromatic N) is 1. The first-order chi connectivity index (χ1) is 10.7. The third-order valence-corrected chi connectivity index (χ3v) is 3.13. The average molecular weight is 313 g/mol. The summed E-state index contributed by atoms with van der Waals surface area (Å²) < 4.78 is 5.42. The van der Waals surface area contributed by atoms with Crippen molar-refractivity contribution >= 4 is 28.7 Å². The summed E-state index contributed by atoms with van der Waals surface area (Å²) in [6.07, 6.45) is 0. The fourth-order valence-corrected chi connectivity index (χ4v) is 2.00. The van der Waals surface area contributed by atoms with E-state index in [4.69, 9.17) is 17.0 Å². The number of ether oxygens (including phenoxy) is 1. The molecule has 0 fully saturated rings. The lowest BCUT2D eigenvalue weighted by Gasteiger charge is -2.08. The Hall–Kier alpha value is -2.40. The highest BCUT2D eigenvalue weighted by Crippen LogP contribution is 2.12. The first kappa shape index (κ1) is 16.0. The molecule has 0 aliphatic heterocycles. The number of nitrogens with one attached hydrogen (secondary N) is 2. The second kappa shape index (κ2) is 8.14. The number of hydrazone groups is 1. The van der Waals surface area contributed by atoms with E-state index in [1.165, 1.54) is 0 Å². The monoisotopic (exact) mass is 313 g/mol. The zero-order valence-corrected chi connectivity index (χ0v) is 13.5. The average Bonchev–Trinajstić information content (AvgIpc) is 2.54. The Morgan fingerprint density at radius 3 is 2.41 bits per heavy atom. The Bertz CT molecular complexity index is 639. The molecule has 2 aromatic carbocycles. The highest BCUT2D eigenvalue weighted by molar-refractivity contribution is 7.80. The summed E-state index contributed by atoms with van der Waals surface area (Å²) in [5.41, 5.74) is 5.63. The van der Waals surface area contributed by atoms with E-state index in [1.54, 1.807) is 0 Å². The molecule has 0 spiro atoms. The molecule has 0 bridgehead atoms. The largest absolute Gasteiger partial charge is 0.494 e. The third kappa shape index (κ3) is 4.86. The van der Waals surface area contributed by atoms with Gasteiger partial charge in [0.1, 0.15) is 5.75 Å². The van der Waals surface area contributed by atoms with Gasteiger partial charge in [-0.3, -0.25) is 5.43 Å². The lowest BCUT2D eigenvalue weighted by atomic mass is 10.1. The zero-order chi connectivity index (χ0) is 15.8. The molecule has 0 aliphatic carbocycles. The van der Waals surface area contributed by atoms with Crippen molar-refractivity contribution in [2.24, 2.45) is 5.10 Å². The minimum absolute atomic E-state index is 0.455. The minimum atomic E-state index is 0.455. The van der Waals surface area contributed by atoms with Gasteiger partial charge in [-0.25, -0.2) is 0 Å². The molecule has 0 amide bonds. The maximum absolute atomic E-state index is 5.42. The van der Waals surface area contributed by atoms with Gasteiger partial charge in [-0.05, 0) is 68.0 Å². The molecule has 0 atom stereocenters. The summed E-state index contributed by atoms with van der Waals surface area (Å²) in [6.45, 7) is 4.55. The van der Waals surface area contributed by atoms with Crippen molar-refractivity contribution in [3.8, 4) is 5.75 Å². The third-order valence-electron chi connectivity index (χ3n) is 2.94. The summed E-state index contributed by atoms with van der Waals surface area (Å²) in [5.74, 6) is 0.855. The predicted molar refractivity (Wildman–Crippen MR) is 95.6 cm³/mol. The second-order valence-corrected chi connectivity index (χ2v) is 4.99. The summed E-state index contributed by atoms with van der Waals surface area (Å²) >= 11 is 5.21. The molecule has 0 radical (unpaired) electrons. The van der Waals surface area contributed by atoms with Crippen LogP contribution in [-0.4, -0.2) is 17.4 Å². The quantitative estimate of drug-likeness (QED) is 0.501. The number of para-hydroxylation sites is 1. The van der Waals surface area contributed by atoms with Gasteiger partial charge in [-0.2, -0.15) is 5.10 Å². The van der Waals surface area contributed by atoms with Crippen molar-refractivity contribution < 1.29 is 4.74 Å². The summed E-state index contributed by atoms with van der Waals surface area (Å²) in [7, 11) is 0. The normalized spacial score (nSPS) is 10.9. The van der Waals surface area contributed by atoms with Crippen LogP contribution in [0.2, 0.25) is 0 Å². The number of benzene rings is 2. The van der Waals surface area contributed by atoms with Crippen LogP contribution in [0.25, 0.3) is 0 Å². The van der Waals surface area contributed by atoms with E-state index in [2.05, 4.69) is 15.8 Å². The van der Waals surface area contributed by atoms with E-state index in [0.29, 0.717) is 11.7 Å². The number of anilines is 1. The lowest BCUT2D eigenvalue weighted by molar-refractivity contribution is 0.340. The fourth-order valence-electron chi connectivity index (χ4n) is 1.84. The molecule has 4 nitrogen and oxygen atoms in total. The van der Waals surface area contributed by atoms with Gasteiger partial charge in [-0.1, -0.05) is 18.2 Å². The standard InChI is InChI=1S/C17H19N3OS/c1-3-21-16-11-9-14(10-12-16)13(2)19-20-17(22)18-15-7-5-4-6-8-15/h4-12H,3H2,1-2H3,(H2,18,20,22)/b19-13-. The van der Waals surface area contributed by atoms with Gasteiger partial charge < -0.3 is 10.1 Å². The first-order valence-corrected chi connectivity index (χ1v) is 7.49. The van der Waals surface area contributed by atoms with Crippen molar-refractivity contribution in [1.29, 1.82) is 0 Å². The molecule has 0 unspecified atom stereocenters. The molecular weight excluding hydrogens is 294 g/mol. The number of rotatable bonds is 5. The molecule has 5 heteroatoms. The molecule has 0 aromatic heterocycles. The van der Waals surface area contributed by atoms with Crippen LogP contribution in [0.3, 0.4) is 0 Å². The summed E-state index contributed by atoms with van der Waals surface area (Å²) in [5, 5.41) is 7.81. The Morgan fingerprint density at radius 2 is 1.77 bits per heavy atom. The van der Waals surface area contributed by atoms with Crippen LogP contribution in [0.15, 0.2) is 59.7 Å². The number of hydrogen-bond donors (Lipinski definition) is 2. The Balaban J connectivity index is 1.92. The second-order valence-electron chi connectivity index (χ2n) is 4.59. The molecule has 114 valence electrons. The molecule has 0 aliphatic rings. The summed E-state index contributed by atoms with van der Waals surface area (Å²) in [4.78, 5) is 0. The Kier molecular flexibility index (Phi) is 5.91. The topological polar surface area (TPSA) is 45.6 Å². The van der Waals surface area contributed by atoms with E-state index in [1.807, 2.05) is 68.4 Å². The van der Waals surface area contributed by atoms with Crippen LogP contribution in [-0.2, 0) is 0 Å². The van der Waals surface area contributed by atoms with E-state index in [-0.39, 0.29) is 0 Å². The SMILES string of the molecule is CCOc1ccc(/C(C)=N\NC(=S)Nc2ccccc2)cc1. The highest BCUT2D eigenvalue weighted by Gasteiger charge is 2.00. The van der Waals surface area contributed by atoms with Crippen molar-refractivity contribution in [1.82, 2.24) is 5.43 Å². The van der Waals surface area contributed by atoms with Crippen LogP contribution in [0.5, 0.6) is 5.75 Å². The zero-order valence-electron chi connectivity index (χ0n) is 12.7. The molecule has 2 N–H and O–H groups in total. The first-order valence-electron chi connectivity index (χ1n) is 7.08. The number of hydrogen-bond acceptors (Lipinski definition) is 3. The van der Waals surface area contributed by atoms with E-state index in [9.17, 15) is 0 Å². The molecule has 0 heterocycles. The van der Waals surface area contributed by atoms with Gasteiger partial charge in [0.2, 0.25) is 0 Å². The van der Waals surface area contributed by atoms with Crippen LogP contribution in [0, 0.1) is 0 Å². The van der Waals surface area contributed by atoms with E-state index < -0.39 is 0 Å². The van der Waals surface area contributed by atoms with Crippen LogP contribution >= 0.6 is 12.2 Å². The molecule has 0 saturated heterocycles. The molecule has 2 rings (SSSR count). The highest BCUT2D eigenvalue weighted by atomic mass is 32.1. The fraction of sp³-hybridized carbons (Fsp3) is 0.176. The minimum Gasteiger partial charge on any atom is -0.494 e. The van der Waals surface area contributed by atoms with E-state index in [0.717, 1.165) is 22.7 Å². The maximum Gasteiger partial charge on any atom is 0.191 e. The molecular formula is C17H19N3OS. The van der Waals surface area contributed by atoms with Crippen LogP contribution in [0.4, 0.5) is 5.69 Å². The molecule has 22 heavy (non-hydrogen) atoms. The molecule has 2 aromatic rings. The Labute approximate surface area is 136 Å². The van der Waals surface area contributed by atoms with Gasteiger partial charge in [-0.15, -0.1) is 0 Å². The smallest absolute Gasteiger partial charge is 0.191 e. The van der Waals surface area contributed by atoms with Crippen molar-refractivity contribution in [3.05, 3.63) is 60.2 Å². The van der Waals surface area contributed by atoms with E-state index >= 15 is 0 Å². The van der Waals surface area contributed by atoms with Crippen molar-refractivity contribution in [2.75, 3.05) is 11.9 Å².